The minimum absolute atomic E-state index is 0.00690. The number of benzene rings is 1. The number of halogens is 2. The first-order chi connectivity index (χ1) is 10.5. The number of thiazole rings is 1. The number of aromatic nitrogens is 1. The number of aryl methyl sites for hydroxylation is 3. The fourth-order valence-corrected chi connectivity index (χ4v) is 2.58. The third-order valence-corrected chi connectivity index (χ3v) is 3.94. The van der Waals surface area contributed by atoms with Gasteiger partial charge in [0.15, 0.2) is 11.6 Å². The minimum Gasteiger partial charge on any atom is -0.460 e. The van der Waals surface area contributed by atoms with Crippen LogP contribution in [0, 0.1) is 18.6 Å². The molecule has 1 aromatic carbocycles. The summed E-state index contributed by atoms with van der Waals surface area (Å²) in [6.07, 6.45) is 0.900. The van der Waals surface area contributed by atoms with Crippen molar-refractivity contribution in [2.45, 2.75) is 26.4 Å². The van der Waals surface area contributed by atoms with Crippen LogP contribution >= 0.6 is 11.3 Å². The third kappa shape index (κ3) is 4.08. The van der Waals surface area contributed by atoms with Gasteiger partial charge in [0.25, 0.3) is 0 Å². The number of carbonyl (C=O) groups is 1. The lowest BCUT2D eigenvalue weighted by molar-refractivity contribution is -0.143. The number of esters is 1. The molecule has 4 nitrogen and oxygen atoms in total. The highest BCUT2D eigenvalue weighted by Crippen LogP contribution is 2.19. The Morgan fingerprint density at radius 3 is 2.59 bits per heavy atom. The average Bonchev–Trinajstić information content (AvgIpc) is 2.93. The molecule has 2 N–H and O–H groups in total. The first-order valence-electron chi connectivity index (χ1n) is 6.73. The Hall–Kier alpha value is -1.86. The van der Waals surface area contributed by atoms with Crippen molar-refractivity contribution in [3.8, 4) is 0 Å². The third-order valence-electron chi connectivity index (χ3n) is 3.11. The van der Waals surface area contributed by atoms with Gasteiger partial charge in [-0.1, -0.05) is 12.1 Å². The molecule has 0 aliphatic heterocycles. The molecule has 118 valence electrons. The summed E-state index contributed by atoms with van der Waals surface area (Å²) in [6, 6.07) is 2.92. The van der Waals surface area contributed by atoms with Crippen molar-refractivity contribution in [3.05, 3.63) is 51.0 Å². The molecule has 7 heteroatoms. The smallest absolute Gasteiger partial charge is 0.320 e. The highest BCUT2D eigenvalue weighted by molar-refractivity contribution is 7.09. The van der Waals surface area contributed by atoms with E-state index in [4.69, 9.17) is 10.5 Å². The highest BCUT2D eigenvalue weighted by Gasteiger charge is 2.15. The van der Waals surface area contributed by atoms with Crippen molar-refractivity contribution in [1.82, 2.24) is 4.98 Å². The molecule has 0 unspecified atom stereocenters. The molecule has 2 rings (SSSR count). The van der Waals surface area contributed by atoms with Gasteiger partial charge in [-0.25, -0.2) is 13.8 Å². The molecule has 22 heavy (non-hydrogen) atoms. The van der Waals surface area contributed by atoms with Crippen LogP contribution in [-0.4, -0.2) is 17.5 Å². The van der Waals surface area contributed by atoms with Crippen LogP contribution in [0.5, 0.6) is 0 Å². The number of ether oxygens (including phenoxy) is 1. The predicted octanol–water partition coefficient (Wildman–Crippen LogP) is 2.52. The van der Waals surface area contributed by atoms with Gasteiger partial charge in [-0.2, -0.15) is 0 Å². The Bertz CT molecular complexity index is 674. The number of carbonyl (C=O) groups excluding carboxylic acids is 1. The van der Waals surface area contributed by atoms with E-state index in [2.05, 4.69) is 4.98 Å². The van der Waals surface area contributed by atoms with Crippen molar-refractivity contribution >= 4 is 17.3 Å². The van der Waals surface area contributed by atoms with E-state index in [-0.39, 0.29) is 24.3 Å². The molecule has 0 aliphatic carbocycles. The van der Waals surface area contributed by atoms with Crippen LogP contribution in [0.1, 0.15) is 21.8 Å². The lowest BCUT2D eigenvalue weighted by Gasteiger charge is -2.08. The van der Waals surface area contributed by atoms with Gasteiger partial charge in [0.2, 0.25) is 0 Å². The van der Waals surface area contributed by atoms with Gasteiger partial charge in [-0.3, -0.25) is 4.79 Å². The molecule has 0 saturated carbocycles. The van der Waals surface area contributed by atoms with E-state index >= 15 is 0 Å². The Balaban J connectivity index is 2.04. The lowest BCUT2D eigenvalue weighted by atomic mass is 10.0. The van der Waals surface area contributed by atoms with Gasteiger partial charge in [0, 0.05) is 10.9 Å². The zero-order chi connectivity index (χ0) is 16.1. The van der Waals surface area contributed by atoms with Crippen LogP contribution in [0.25, 0.3) is 0 Å². The summed E-state index contributed by atoms with van der Waals surface area (Å²) in [7, 11) is 0. The van der Waals surface area contributed by atoms with E-state index in [0.29, 0.717) is 12.8 Å². The Labute approximate surface area is 130 Å². The van der Waals surface area contributed by atoms with E-state index in [9.17, 15) is 13.6 Å². The molecule has 0 saturated heterocycles. The Kier molecular flexibility index (Phi) is 5.57. The molecular formula is C15H16F2N2O2S. The Morgan fingerprint density at radius 2 is 1.95 bits per heavy atom. The quantitative estimate of drug-likeness (QED) is 0.829. The van der Waals surface area contributed by atoms with E-state index in [0.717, 1.165) is 10.7 Å². The first kappa shape index (κ1) is 16.5. The maximum Gasteiger partial charge on any atom is 0.320 e. The van der Waals surface area contributed by atoms with Crippen molar-refractivity contribution < 1.29 is 18.3 Å². The van der Waals surface area contributed by atoms with E-state index in [1.165, 1.54) is 23.5 Å². The van der Waals surface area contributed by atoms with Gasteiger partial charge in [0.05, 0.1) is 17.2 Å². The molecule has 0 aliphatic rings. The number of hydrogen-bond acceptors (Lipinski definition) is 5. The number of hydrogen-bond donors (Lipinski definition) is 1. The molecular weight excluding hydrogens is 310 g/mol. The summed E-state index contributed by atoms with van der Waals surface area (Å²) in [5.74, 6) is -2.56. The van der Waals surface area contributed by atoms with E-state index < -0.39 is 17.6 Å². The molecule has 0 amide bonds. The fourth-order valence-electron chi connectivity index (χ4n) is 1.94. The molecule has 1 aromatic heterocycles. The average molecular weight is 326 g/mol. The van der Waals surface area contributed by atoms with Crippen LogP contribution in [0.15, 0.2) is 17.5 Å². The zero-order valence-electron chi connectivity index (χ0n) is 12.1. The van der Waals surface area contributed by atoms with Crippen molar-refractivity contribution in [2.75, 3.05) is 6.54 Å². The zero-order valence-corrected chi connectivity index (χ0v) is 12.9. The monoisotopic (exact) mass is 326 g/mol. The van der Waals surface area contributed by atoms with Gasteiger partial charge < -0.3 is 10.5 Å². The minimum atomic E-state index is -0.989. The second-order valence-electron chi connectivity index (χ2n) is 4.73. The standard InChI is InChI=1S/C15H16F2N2O2S/c1-9-19-12(8-22-9)5-4-10-2-3-11(15(17)14(10)16)7-21-13(20)6-18/h2-3,8H,4-7,18H2,1H3. The molecule has 1 heterocycles. The maximum atomic E-state index is 14.0. The van der Waals surface area contributed by atoms with Gasteiger partial charge in [-0.15, -0.1) is 11.3 Å². The highest BCUT2D eigenvalue weighted by atomic mass is 32.1. The van der Waals surface area contributed by atoms with E-state index in [1.807, 2.05) is 12.3 Å². The van der Waals surface area contributed by atoms with Crippen LogP contribution in [-0.2, 0) is 29.0 Å². The topological polar surface area (TPSA) is 65.2 Å². The van der Waals surface area contributed by atoms with Gasteiger partial charge >= 0.3 is 5.97 Å². The van der Waals surface area contributed by atoms with Crippen LogP contribution < -0.4 is 5.73 Å². The second-order valence-corrected chi connectivity index (χ2v) is 5.80. The fraction of sp³-hybridized carbons (Fsp3) is 0.333. The molecule has 0 bridgehead atoms. The molecule has 0 atom stereocenters. The summed E-state index contributed by atoms with van der Waals surface area (Å²) in [6.45, 7) is 1.27. The van der Waals surface area contributed by atoms with E-state index in [1.54, 1.807) is 0 Å². The Morgan fingerprint density at radius 1 is 1.27 bits per heavy atom. The maximum absolute atomic E-state index is 14.0. The lowest BCUT2D eigenvalue weighted by Crippen LogP contribution is -2.17. The second kappa shape index (κ2) is 7.42. The summed E-state index contributed by atoms with van der Waals surface area (Å²) >= 11 is 1.52. The molecule has 0 spiro atoms. The number of nitrogens with two attached hydrogens (primary N) is 1. The summed E-state index contributed by atoms with van der Waals surface area (Å²) in [4.78, 5) is 15.2. The summed E-state index contributed by atoms with van der Waals surface area (Å²) in [5, 5.41) is 2.85. The van der Waals surface area contributed by atoms with Crippen molar-refractivity contribution in [2.24, 2.45) is 5.73 Å². The molecule has 2 aromatic rings. The van der Waals surface area contributed by atoms with Crippen molar-refractivity contribution in [3.63, 3.8) is 0 Å². The van der Waals surface area contributed by atoms with Crippen LogP contribution in [0.2, 0.25) is 0 Å². The number of rotatable bonds is 6. The summed E-state index contributed by atoms with van der Waals surface area (Å²) < 4.78 is 32.7. The summed E-state index contributed by atoms with van der Waals surface area (Å²) in [5.41, 5.74) is 6.21. The molecule has 0 radical (unpaired) electrons. The molecule has 0 fully saturated rings. The largest absolute Gasteiger partial charge is 0.460 e. The normalized spacial score (nSPS) is 10.7. The predicted molar refractivity (Wildman–Crippen MR) is 79.5 cm³/mol. The van der Waals surface area contributed by atoms with Crippen LogP contribution in [0.4, 0.5) is 8.78 Å². The van der Waals surface area contributed by atoms with Crippen LogP contribution in [0.3, 0.4) is 0 Å². The van der Waals surface area contributed by atoms with Gasteiger partial charge in [-0.05, 0) is 25.3 Å². The SMILES string of the molecule is Cc1nc(CCc2ccc(COC(=O)CN)c(F)c2F)cs1. The number of nitrogens with zero attached hydrogens (tertiary/aromatic N) is 1. The first-order valence-corrected chi connectivity index (χ1v) is 7.61. The van der Waals surface area contributed by atoms with Crippen molar-refractivity contribution in [1.29, 1.82) is 0 Å². The van der Waals surface area contributed by atoms with Gasteiger partial charge in [0.1, 0.15) is 6.61 Å².